The molecule has 0 unspecified atom stereocenters. The number of furan rings is 1. The molecule has 0 aliphatic heterocycles. The van der Waals surface area contributed by atoms with E-state index in [1.807, 2.05) is 37.3 Å². The van der Waals surface area contributed by atoms with Crippen molar-refractivity contribution in [2.45, 2.75) is 13.8 Å². The molecule has 174 valence electrons. The van der Waals surface area contributed by atoms with Crippen LogP contribution in [-0.2, 0) is 4.79 Å². The van der Waals surface area contributed by atoms with E-state index in [9.17, 15) is 13.6 Å². The van der Waals surface area contributed by atoms with E-state index in [1.54, 1.807) is 19.3 Å². The Morgan fingerprint density at radius 1 is 1.09 bits per heavy atom. The molecule has 0 bridgehead atoms. The van der Waals surface area contributed by atoms with Crippen molar-refractivity contribution in [3.05, 3.63) is 84.1 Å². The van der Waals surface area contributed by atoms with Crippen LogP contribution in [0.2, 0.25) is 0 Å². The normalized spacial score (nSPS) is 11.5. The van der Waals surface area contributed by atoms with Crippen molar-refractivity contribution >= 4 is 28.1 Å². The first-order valence-corrected chi connectivity index (χ1v) is 10.7. The molecule has 0 radical (unpaired) electrons. The number of methoxy groups -OCH3 is 1. The average Bonchev–Trinajstić information content (AvgIpc) is 3.23. The van der Waals surface area contributed by atoms with Gasteiger partial charge in [0.25, 0.3) is 0 Å². The molecule has 0 aliphatic carbocycles. The maximum Gasteiger partial charge on any atom is 0.248 e. The van der Waals surface area contributed by atoms with Crippen LogP contribution in [0.3, 0.4) is 0 Å². The summed E-state index contributed by atoms with van der Waals surface area (Å²) in [6.07, 6.45) is 3.01. The Morgan fingerprint density at radius 3 is 2.53 bits per heavy atom. The highest BCUT2D eigenvalue weighted by molar-refractivity contribution is 6.05. The molecule has 0 saturated carbocycles. The van der Waals surface area contributed by atoms with Gasteiger partial charge in [-0.3, -0.25) is 4.79 Å². The van der Waals surface area contributed by atoms with Gasteiger partial charge < -0.3 is 19.2 Å². The van der Waals surface area contributed by atoms with Crippen LogP contribution in [0, 0.1) is 11.6 Å². The molecule has 3 aromatic carbocycles. The largest absolute Gasteiger partial charge is 0.496 e. The maximum atomic E-state index is 13.9. The summed E-state index contributed by atoms with van der Waals surface area (Å²) in [6, 6.07) is 14.3. The molecule has 7 heteroatoms. The zero-order chi connectivity index (χ0) is 24.2. The van der Waals surface area contributed by atoms with Crippen molar-refractivity contribution in [3.63, 3.8) is 0 Å². The fourth-order valence-electron chi connectivity index (χ4n) is 3.69. The third-order valence-electron chi connectivity index (χ3n) is 5.33. The predicted molar refractivity (Wildman–Crippen MR) is 128 cm³/mol. The number of halogens is 2. The Morgan fingerprint density at radius 2 is 1.85 bits per heavy atom. The molecule has 0 spiro atoms. The number of anilines is 1. The molecular formula is C27H23F2NO4. The van der Waals surface area contributed by atoms with Gasteiger partial charge in [-0.25, -0.2) is 8.78 Å². The summed E-state index contributed by atoms with van der Waals surface area (Å²) in [5, 5.41) is 3.28. The lowest BCUT2D eigenvalue weighted by molar-refractivity contribution is -0.111. The van der Waals surface area contributed by atoms with Gasteiger partial charge in [-0.05, 0) is 55.3 Å². The van der Waals surface area contributed by atoms with Crippen molar-refractivity contribution in [3.8, 4) is 22.6 Å². The first-order valence-electron chi connectivity index (χ1n) is 10.7. The third kappa shape index (κ3) is 4.78. The zero-order valence-corrected chi connectivity index (χ0v) is 18.9. The van der Waals surface area contributed by atoms with Gasteiger partial charge in [0.05, 0.1) is 25.7 Å². The molecule has 1 N–H and O–H groups in total. The molecule has 34 heavy (non-hydrogen) atoms. The minimum Gasteiger partial charge on any atom is -0.496 e. The monoisotopic (exact) mass is 463 g/mol. The van der Waals surface area contributed by atoms with E-state index in [1.165, 1.54) is 19.3 Å². The molecule has 0 aliphatic rings. The van der Waals surface area contributed by atoms with Crippen molar-refractivity contribution in [1.29, 1.82) is 0 Å². The minimum atomic E-state index is -0.850. The number of nitrogens with one attached hydrogen (secondary N) is 1. The van der Waals surface area contributed by atoms with Crippen molar-refractivity contribution in [2.24, 2.45) is 0 Å². The summed E-state index contributed by atoms with van der Waals surface area (Å²) in [7, 11) is 1.53. The third-order valence-corrected chi connectivity index (χ3v) is 5.33. The van der Waals surface area contributed by atoms with Gasteiger partial charge in [-0.2, -0.15) is 0 Å². The first kappa shape index (κ1) is 23.0. The van der Waals surface area contributed by atoms with Gasteiger partial charge in [0, 0.05) is 34.7 Å². The van der Waals surface area contributed by atoms with Gasteiger partial charge in [-0.15, -0.1) is 0 Å². The number of carbonyl (C=O) groups excluding carboxylic acids is 1. The topological polar surface area (TPSA) is 60.7 Å². The van der Waals surface area contributed by atoms with Crippen LogP contribution in [0.5, 0.6) is 11.5 Å². The number of rotatable bonds is 7. The van der Waals surface area contributed by atoms with Crippen LogP contribution >= 0.6 is 0 Å². The van der Waals surface area contributed by atoms with Gasteiger partial charge in [0.15, 0.2) is 0 Å². The molecule has 0 fully saturated rings. The van der Waals surface area contributed by atoms with E-state index < -0.39 is 17.5 Å². The molecular weight excluding hydrogens is 440 g/mol. The van der Waals surface area contributed by atoms with Crippen molar-refractivity contribution in [1.82, 2.24) is 0 Å². The number of hydrogen-bond donors (Lipinski definition) is 1. The summed E-state index contributed by atoms with van der Waals surface area (Å²) in [6.45, 7) is 4.27. The molecule has 1 amide bonds. The second-order valence-corrected chi connectivity index (χ2v) is 7.60. The van der Waals surface area contributed by atoms with Crippen LogP contribution in [0.1, 0.15) is 19.4 Å². The van der Waals surface area contributed by atoms with E-state index in [0.29, 0.717) is 35.1 Å². The Labute approximate surface area is 195 Å². The van der Waals surface area contributed by atoms with E-state index in [2.05, 4.69) is 5.32 Å². The van der Waals surface area contributed by atoms with Gasteiger partial charge in [0.1, 0.15) is 28.7 Å². The van der Waals surface area contributed by atoms with Crippen molar-refractivity contribution < 1.29 is 27.5 Å². The summed E-state index contributed by atoms with van der Waals surface area (Å²) in [5.74, 6) is -0.817. The average molecular weight is 463 g/mol. The lowest BCUT2D eigenvalue weighted by Gasteiger charge is -2.11. The SMILES string of the molecule is CCOc1ccc(-c2coc3cc(OC)c(/C(C)=C/C(=O)Nc4ccc(F)cc4F)cc23)cc1. The molecule has 0 saturated heterocycles. The fourth-order valence-corrected chi connectivity index (χ4v) is 3.69. The van der Waals surface area contributed by atoms with Crippen LogP contribution in [-0.4, -0.2) is 19.6 Å². The van der Waals surface area contributed by atoms with Crippen LogP contribution in [0.4, 0.5) is 14.5 Å². The fraction of sp³-hybridized carbons (Fsp3) is 0.148. The molecule has 4 rings (SSSR count). The van der Waals surface area contributed by atoms with Gasteiger partial charge in [-0.1, -0.05) is 12.1 Å². The standard InChI is InChI=1S/C27H23F2NO4/c1-4-33-19-8-5-17(6-9-19)22-15-34-26-14-25(32-3)20(13-21(22)26)16(2)11-27(31)30-24-10-7-18(28)12-23(24)29/h5-15H,4H2,1-3H3,(H,30,31)/b16-11+. The Hall–Kier alpha value is -4.13. The highest BCUT2D eigenvalue weighted by Crippen LogP contribution is 2.37. The van der Waals surface area contributed by atoms with Crippen molar-refractivity contribution in [2.75, 3.05) is 19.0 Å². The first-order chi connectivity index (χ1) is 16.4. The molecule has 1 heterocycles. The van der Waals surface area contributed by atoms with E-state index in [0.717, 1.165) is 28.3 Å². The lowest BCUT2D eigenvalue weighted by atomic mass is 9.99. The predicted octanol–water partition coefficient (Wildman–Crippen LogP) is 6.83. The molecule has 0 atom stereocenters. The summed E-state index contributed by atoms with van der Waals surface area (Å²) >= 11 is 0. The molecule has 1 aromatic heterocycles. The Bertz CT molecular complexity index is 1370. The lowest BCUT2D eigenvalue weighted by Crippen LogP contribution is -2.10. The highest BCUT2D eigenvalue weighted by Gasteiger charge is 2.15. The zero-order valence-electron chi connectivity index (χ0n) is 18.9. The Balaban J connectivity index is 1.68. The summed E-state index contributed by atoms with van der Waals surface area (Å²) in [4.78, 5) is 12.5. The van der Waals surface area contributed by atoms with E-state index >= 15 is 0 Å². The number of fused-ring (bicyclic) bond motifs is 1. The second-order valence-electron chi connectivity index (χ2n) is 7.60. The van der Waals surface area contributed by atoms with Gasteiger partial charge in [0.2, 0.25) is 5.91 Å². The summed E-state index contributed by atoms with van der Waals surface area (Å²) in [5.41, 5.74) is 3.63. The number of carbonyl (C=O) groups is 1. The number of hydrogen-bond acceptors (Lipinski definition) is 4. The smallest absolute Gasteiger partial charge is 0.248 e. The van der Waals surface area contributed by atoms with Crippen LogP contribution in [0.25, 0.3) is 27.7 Å². The Kier molecular flexibility index (Phi) is 6.63. The second kappa shape index (κ2) is 9.79. The molecule has 5 nitrogen and oxygen atoms in total. The van der Waals surface area contributed by atoms with Crippen LogP contribution < -0.4 is 14.8 Å². The van der Waals surface area contributed by atoms with E-state index in [-0.39, 0.29) is 5.69 Å². The summed E-state index contributed by atoms with van der Waals surface area (Å²) < 4.78 is 43.8. The highest BCUT2D eigenvalue weighted by atomic mass is 19.1. The maximum absolute atomic E-state index is 13.9. The van der Waals surface area contributed by atoms with Gasteiger partial charge >= 0.3 is 0 Å². The number of benzene rings is 3. The quantitative estimate of drug-likeness (QED) is 0.305. The number of allylic oxidation sites excluding steroid dienone is 1. The van der Waals surface area contributed by atoms with Crippen LogP contribution in [0.15, 0.2) is 71.4 Å². The number of amides is 1. The molecule has 4 aromatic rings. The number of ether oxygens (including phenoxy) is 2. The minimum absolute atomic E-state index is 0.106. The van der Waals surface area contributed by atoms with E-state index in [4.69, 9.17) is 13.9 Å².